The molecule has 1 saturated carbocycles. The van der Waals surface area contributed by atoms with Crippen LogP contribution >= 0.6 is 11.6 Å². The molecular weight excluding hydrogens is 288 g/mol. The molecule has 1 aliphatic heterocycles. The van der Waals surface area contributed by atoms with Crippen molar-refractivity contribution < 1.29 is 0 Å². The van der Waals surface area contributed by atoms with Crippen LogP contribution in [0.1, 0.15) is 38.5 Å². The van der Waals surface area contributed by atoms with Crippen LogP contribution in [0, 0.1) is 5.92 Å². The number of halogens is 1. The molecule has 0 aromatic carbocycles. The lowest BCUT2D eigenvalue weighted by Crippen LogP contribution is -2.31. The van der Waals surface area contributed by atoms with Crippen LogP contribution in [0.2, 0.25) is 5.02 Å². The van der Waals surface area contributed by atoms with Gasteiger partial charge in [0.05, 0.1) is 11.2 Å². The quantitative estimate of drug-likeness (QED) is 0.846. The summed E-state index contributed by atoms with van der Waals surface area (Å²) in [5, 5.41) is 11.3. The van der Waals surface area contributed by atoms with Crippen molar-refractivity contribution in [2.75, 3.05) is 18.4 Å². The second kappa shape index (κ2) is 6.79. The zero-order valence-corrected chi connectivity index (χ0v) is 13.0. The molecule has 1 aromatic heterocycles. The first-order valence-electron chi connectivity index (χ1n) is 7.97. The summed E-state index contributed by atoms with van der Waals surface area (Å²) < 4.78 is 1.56. The molecule has 21 heavy (non-hydrogen) atoms. The molecule has 2 fully saturated rings. The maximum atomic E-state index is 12.4. The highest BCUT2D eigenvalue weighted by atomic mass is 35.5. The monoisotopic (exact) mass is 310 g/mol. The highest BCUT2D eigenvalue weighted by molar-refractivity contribution is 6.32. The molecule has 2 N–H and O–H groups in total. The predicted octanol–water partition coefficient (Wildman–Crippen LogP) is 2.25. The van der Waals surface area contributed by atoms with Gasteiger partial charge in [0.25, 0.3) is 5.56 Å². The van der Waals surface area contributed by atoms with Gasteiger partial charge in [0.15, 0.2) is 0 Å². The Morgan fingerprint density at radius 2 is 2.24 bits per heavy atom. The van der Waals surface area contributed by atoms with E-state index in [-0.39, 0.29) is 5.56 Å². The maximum absolute atomic E-state index is 12.4. The normalized spacial score (nSPS) is 22.2. The third-order valence-electron chi connectivity index (χ3n) is 4.61. The van der Waals surface area contributed by atoms with E-state index in [1.807, 2.05) is 0 Å². The lowest BCUT2D eigenvalue weighted by Gasteiger charge is -2.25. The molecule has 1 aliphatic carbocycles. The number of anilines is 1. The number of nitrogens with zero attached hydrogens (tertiary/aromatic N) is 2. The molecular formula is C15H23ClN4O. The molecule has 0 amide bonds. The van der Waals surface area contributed by atoms with Crippen molar-refractivity contribution in [3.8, 4) is 0 Å². The molecule has 6 heteroatoms. The standard InChI is InChI=1S/C15H23ClN4O/c16-13-9-19-20(10-11-3-1-4-11)15(21)14(13)18-8-6-12-5-2-7-17-12/h9,11-12,17-18H,1-8,10H2. The zero-order valence-electron chi connectivity index (χ0n) is 12.3. The van der Waals surface area contributed by atoms with Crippen molar-refractivity contribution in [2.24, 2.45) is 5.92 Å². The van der Waals surface area contributed by atoms with Crippen LogP contribution in [0.15, 0.2) is 11.0 Å². The first-order chi connectivity index (χ1) is 10.2. The Balaban J connectivity index is 1.62. The first kappa shape index (κ1) is 14.9. The van der Waals surface area contributed by atoms with E-state index in [0.29, 0.717) is 22.7 Å². The number of nitrogens with one attached hydrogen (secondary N) is 2. The minimum atomic E-state index is -0.0891. The van der Waals surface area contributed by atoms with Crippen molar-refractivity contribution in [1.29, 1.82) is 0 Å². The molecule has 2 aliphatic rings. The summed E-state index contributed by atoms with van der Waals surface area (Å²) in [7, 11) is 0. The van der Waals surface area contributed by atoms with E-state index < -0.39 is 0 Å². The molecule has 1 saturated heterocycles. The predicted molar refractivity (Wildman–Crippen MR) is 85.0 cm³/mol. The van der Waals surface area contributed by atoms with E-state index >= 15 is 0 Å². The molecule has 1 aromatic rings. The lowest BCUT2D eigenvalue weighted by molar-refractivity contribution is 0.262. The summed E-state index contributed by atoms with van der Waals surface area (Å²) in [6.07, 6.45) is 8.73. The van der Waals surface area contributed by atoms with Crippen LogP contribution in [-0.2, 0) is 6.54 Å². The van der Waals surface area contributed by atoms with Gasteiger partial charge in [-0.25, -0.2) is 4.68 Å². The Hall–Kier alpha value is -1.07. The van der Waals surface area contributed by atoms with Crippen LogP contribution in [0.4, 0.5) is 5.69 Å². The molecule has 0 radical (unpaired) electrons. The minimum absolute atomic E-state index is 0.0891. The van der Waals surface area contributed by atoms with Gasteiger partial charge >= 0.3 is 0 Å². The Bertz CT molecular complexity index is 535. The third-order valence-corrected chi connectivity index (χ3v) is 4.90. The van der Waals surface area contributed by atoms with E-state index in [1.165, 1.54) is 32.1 Å². The number of hydrogen-bond acceptors (Lipinski definition) is 4. The number of hydrogen-bond donors (Lipinski definition) is 2. The van der Waals surface area contributed by atoms with Gasteiger partial charge in [0, 0.05) is 19.1 Å². The van der Waals surface area contributed by atoms with Gasteiger partial charge in [0.1, 0.15) is 5.69 Å². The molecule has 0 spiro atoms. The Morgan fingerprint density at radius 3 is 2.90 bits per heavy atom. The van der Waals surface area contributed by atoms with Crippen LogP contribution in [0.3, 0.4) is 0 Å². The zero-order chi connectivity index (χ0) is 14.7. The molecule has 2 heterocycles. The second-order valence-corrected chi connectivity index (χ2v) is 6.57. The van der Waals surface area contributed by atoms with Gasteiger partial charge in [0.2, 0.25) is 0 Å². The van der Waals surface area contributed by atoms with E-state index in [9.17, 15) is 4.79 Å². The van der Waals surface area contributed by atoms with Gasteiger partial charge < -0.3 is 10.6 Å². The smallest absolute Gasteiger partial charge is 0.291 e. The largest absolute Gasteiger partial charge is 0.379 e. The van der Waals surface area contributed by atoms with Crippen LogP contribution < -0.4 is 16.2 Å². The van der Waals surface area contributed by atoms with Crippen LogP contribution in [0.5, 0.6) is 0 Å². The summed E-state index contributed by atoms with van der Waals surface area (Å²) in [6.45, 7) is 2.59. The van der Waals surface area contributed by atoms with Crippen LogP contribution in [-0.4, -0.2) is 28.9 Å². The van der Waals surface area contributed by atoms with Gasteiger partial charge in [-0.1, -0.05) is 18.0 Å². The van der Waals surface area contributed by atoms with Crippen molar-refractivity contribution in [3.05, 3.63) is 21.6 Å². The van der Waals surface area contributed by atoms with E-state index in [0.717, 1.165) is 26.1 Å². The SMILES string of the molecule is O=c1c(NCCC2CCCN2)c(Cl)cnn1CC1CCC1. The summed E-state index contributed by atoms with van der Waals surface area (Å²) in [6, 6.07) is 0.565. The Morgan fingerprint density at radius 1 is 1.38 bits per heavy atom. The molecule has 5 nitrogen and oxygen atoms in total. The highest BCUT2D eigenvalue weighted by Gasteiger charge is 2.20. The van der Waals surface area contributed by atoms with Gasteiger partial charge in [-0.2, -0.15) is 5.10 Å². The summed E-state index contributed by atoms with van der Waals surface area (Å²) in [5.41, 5.74) is 0.415. The minimum Gasteiger partial charge on any atom is -0.379 e. The van der Waals surface area contributed by atoms with E-state index in [2.05, 4.69) is 15.7 Å². The fourth-order valence-electron chi connectivity index (χ4n) is 3.05. The topological polar surface area (TPSA) is 59.0 Å². The van der Waals surface area contributed by atoms with Crippen molar-refractivity contribution in [1.82, 2.24) is 15.1 Å². The van der Waals surface area contributed by atoms with Gasteiger partial charge in [-0.15, -0.1) is 0 Å². The third kappa shape index (κ3) is 3.58. The average molecular weight is 311 g/mol. The van der Waals surface area contributed by atoms with Crippen molar-refractivity contribution >= 4 is 17.3 Å². The second-order valence-electron chi connectivity index (χ2n) is 6.16. The first-order valence-corrected chi connectivity index (χ1v) is 8.34. The van der Waals surface area contributed by atoms with Gasteiger partial charge in [-0.3, -0.25) is 4.79 Å². The maximum Gasteiger partial charge on any atom is 0.291 e. The average Bonchev–Trinajstić information content (AvgIpc) is 2.93. The molecule has 1 unspecified atom stereocenters. The lowest BCUT2D eigenvalue weighted by atomic mass is 9.85. The fourth-order valence-corrected chi connectivity index (χ4v) is 3.24. The van der Waals surface area contributed by atoms with Crippen LogP contribution in [0.25, 0.3) is 0 Å². The number of rotatable bonds is 6. The number of aromatic nitrogens is 2. The Labute approximate surface area is 130 Å². The fraction of sp³-hybridized carbons (Fsp3) is 0.733. The Kier molecular flexibility index (Phi) is 4.80. The molecule has 0 bridgehead atoms. The summed E-state index contributed by atoms with van der Waals surface area (Å²) in [5.74, 6) is 0.604. The van der Waals surface area contributed by atoms with Gasteiger partial charge in [-0.05, 0) is 44.6 Å². The van der Waals surface area contributed by atoms with Crippen molar-refractivity contribution in [2.45, 2.75) is 51.1 Å². The van der Waals surface area contributed by atoms with Crippen molar-refractivity contribution in [3.63, 3.8) is 0 Å². The van der Waals surface area contributed by atoms with E-state index in [1.54, 1.807) is 10.9 Å². The summed E-state index contributed by atoms with van der Waals surface area (Å²) >= 11 is 6.13. The molecule has 116 valence electrons. The van der Waals surface area contributed by atoms with E-state index in [4.69, 9.17) is 11.6 Å². The summed E-state index contributed by atoms with van der Waals surface area (Å²) in [4.78, 5) is 12.4. The molecule has 3 rings (SSSR count). The molecule has 1 atom stereocenters. The highest BCUT2D eigenvalue weighted by Crippen LogP contribution is 2.27.